The second kappa shape index (κ2) is 7.13. The van der Waals surface area contributed by atoms with Gasteiger partial charge in [0, 0.05) is 17.4 Å². The van der Waals surface area contributed by atoms with Crippen molar-refractivity contribution in [3.05, 3.63) is 40.6 Å². The van der Waals surface area contributed by atoms with Gasteiger partial charge in [0.25, 0.3) is 5.22 Å². The number of hydrogen-bond donors (Lipinski definition) is 0. The van der Waals surface area contributed by atoms with E-state index in [-0.39, 0.29) is 16.2 Å². The number of thioether (sulfide) groups is 1. The summed E-state index contributed by atoms with van der Waals surface area (Å²) >= 11 is 0.843. The minimum atomic E-state index is -1.32. The number of carboxylic acids is 1. The molecule has 6 nitrogen and oxygen atoms in total. The van der Waals surface area contributed by atoms with Crippen LogP contribution in [-0.2, 0) is 4.79 Å². The molecule has 1 aromatic heterocycles. The molecular weight excluding hydrogens is 304 g/mol. The van der Waals surface area contributed by atoms with Gasteiger partial charge in [-0.1, -0.05) is 18.2 Å². The summed E-state index contributed by atoms with van der Waals surface area (Å²) in [6.45, 7) is 5.43. The molecule has 0 spiro atoms. The standard InChI is InChI=1S/C15H16N2O4S/c1-9(2)20-12-7-5-4-6-11(12)8-13(14(18)19)22-15-17-16-10(3)21-15/h4-9H,1-3H3,(H,18,19)/p-1/b13-8-. The number of carbonyl (C=O) groups is 1. The molecule has 0 bridgehead atoms. The molecule has 116 valence electrons. The molecule has 0 aliphatic carbocycles. The number of para-hydroxylation sites is 1. The van der Waals surface area contributed by atoms with Crippen molar-refractivity contribution in [2.75, 3.05) is 0 Å². The van der Waals surface area contributed by atoms with Gasteiger partial charge in [-0.25, -0.2) is 0 Å². The molecule has 2 aromatic rings. The zero-order chi connectivity index (χ0) is 16.1. The second-order valence-corrected chi connectivity index (χ2v) is 5.68. The van der Waals surface area contributed by atoms with E-state index in [4.69, 9.17) is 9.15 Å². The average Bonchev–Trinajstić information content (AvgIpc) is 2.85. The molecule has 0 fully saturated rings. The molecule has 0 saturated carbocycles. The Morgan fingerprint density at radius 2 is 2.09 bits per heavy atom. The summed E-state index contributed by atoms with van der Waals surface area (Å²) in [5.41, 5.74) is 0.638. The Labute approximate surface area is 132 Å². The Morgan fingerprint density at radius 3 is 2.68 bits per heavy atom. The molecule has 0 radical (unpaired) electrons. The van der Waals surface area contributed by atoms with Crippen molar-refractivity contribution < 1.29 is 19.1 Å². The number of carbonyl (C=O) groups excluding carboxylic acids is 1. The van der Waals surface area contributed by atoms with E-state index in [1.807, 2.05) is 19.9 Å². The minimum Gasteiger partial charge on any atom is -0.544 e. The molecule has 0 amide bonds. The van der Waals surface area contributed by atoms with Crippen LogP contribution in [0.2, 0.25) is 0 Å². The lowest BCUT2D eigenvalue weighted by molar-refractivity contribution is -0.298. The molecule has 0 saturated heterocycles. The molecule has 7 heteroatoms. The quantitative estimate of drug-likeness (QED) is 0.594. The van der Waals surface area contributed by atoms with Gasteiger partial charge in [0.2, 0.25) is 5.89 Å². The second-order valence-electron chi connectivity index (χ2n) is 4.69. The van der Waals surface area contributed by atoms with Crippen molar-refractivity contribution in [3.8, 4) is 5.75 Å². The average molecular weight is 319 g/mol. The van der Waals surface area contributed by atoms with Gasteiger partial charge in [-0.05, 0) is 37.8 Å². The Bertz CT molecular complexity index is 694. The monoisotopic (exact) mass is 319 g/mol. The number of ether oxygens (including phenoxy) is 1. The number of rotatable bonds is 6. The molecule has 0 aliphatic heterocycles. The van der Waals surface area contributed by atoms with Crippen molar-refractivity contribution in [1.82, 2.24) is 10.2 Å². The van der Waals surface area contributed by atoms with E-state index in [0.29, 0.717) is 17.2 Å². The summed E-state index contributed by atoms with van der Waals surface area (Å²) in [6.07, 6.45) is 1.45. The van der Waals surface area contributed by atoms with E-state index in [1.165, 1.54) is 6.08 Å². The molecule has 1 aromatic carbocycles. The Morgan fingerprint density at radius 1 is 1.36 bits per heavy atom. The van der Waals surface area contributed by atoms with Crippen molar-refractivity contribution >= 4 is 23.8 Å². The summed E-state index contributed by atoms with van der Waals surface area (Å²) in [6, 6.07) is 7.16. The van der Waals surface area contributed by atoms with Gasteiger partial charge in [0.15, 0.2) is 0 Å². The third kappa shape index (κ3) is 4.36. The van der Waals surface area contributed by atoms with Gasteiger partial charge >= 0.3 is 0 Å². The van der Waals surface area contributed by atoms with E-state index >= 15 is 0 Å². The molecule has 0 aliphatic rings. The third-order valence-electron chi connectivity index (χ3n) is 2.47. The van der Waals surface area contributed by atoms with Gasteiger partial charge in [-0.2, -0.15) is 0 Å². The SMILES string of the molecule is Cc1nnc(S/C(=C\c2ccccc2OC(C)C)C(=O)[O-])o1. The summed E-state index contributed by atoms with van der Waals surface area (Å²) < 4.78 is 10.8. The van der Waals surface area contributed by atoms with Crippen LogP contribution in [0, 0.1) is 6.92 Å². The van der Waals surface area contributed by atoms with Crippen molar-refractivity contribution in [3.63, 3.8) is 0 Å². The number of aromatic nitrogens is 2. The van der Waals surface area contributed by atoms with E-state index in [2.05, 4.69) is 10.2 Å². The Kier molecular flexibility index (Phi) is 5.21. The van der Waals surface area contributed by atoms with Crippen molar-refractivity contribution in [1.29, 1.82) is 0 Å². The number of nitrogens with zero attached hydrogens (tertiary/aromatic N) is 2. The maximum atomic E-state index is 11.3. The number of aryl methyl sites for hydroxylation is 1. The summed E-state index contributed by atoms with van der Waals surface area (Å²) in [7, 11) is 0. The van der Waals surface area contributed by atoms with E-state index in [0.717, 1.165) is 11.8 Å². The number of carboxylic acid groups (broad SMARTS) is 1. The first-order valence-corrected chi connectivity index (χ1v) is 7.44. The molecule has 2 rings (SSSR count). The van der Waals surface area contributed by atoms with Gasteiger partial charge in [0.05, 0.1) is 12.1 Å². The van der Waals surface area contributed by atoms with E-state index in [9.17, 15) is 9.90 Å². The summed E-state index contributed by atoms with van der Waals surface area (Å²) in [4.78, 5) is 11.3. The largest absolute Gasteiger partial charge is 0.544 e. The predicted octanol–water partition coefficient (Wildman–Crippen LogP) is 2.05. The Balaban J connectivity index is 2.32. The first kappa shape index (κ1) is 16.1. The maximum absolute atomic E-state index is 11.3. The van der Waals surface area contributed by atoms with E-state index in [1.54, 1.807) is 25.1 Å². The first-order chi connectivity index (χ1) is 10.5. The van der Waals surface area contributed by atoms with Crippen LogP contribution in [-0.4, -0.2) is 22.3 Å². The summed E-state index contributed by atoms with van der Waals surface area (Å²) in [5.74, 6) is -0.359. The highest BCUT2D eigenvalue weighted by molar-refractivity contribution is 8.03. The molecule has 22 heavy (non-hydrogen) atoms. The normalized spacial score (nSPS) is 11.7. The highest BCUT2D eigenvalue weighted by Gasteiger charge is 2.11. The van der Waals surface area contributed by atoms with Gasteiger partial charge < -0.3 is 19.1 Å². The van der Waals surface area contributed by atoms with Gasteiger partial charge in [-0.3, -0.25) is 0 Å². The zero-order valence-electron chi connectivity index (χ0n) is 12.4. The topological polar surface area (TPSA) is 88.3 Å². The molecule has 0 atom stereocenters. The zero-order valence-corrected chi connectivity index (χ0v) is 13.2. The van der Waals surface area contributed by atoms with E-state index < -0.39 is 5.97 Å². The van der Waals surface area contributed by atoms with Gasteiger partial charge in [0.1, 0.15) is 5.75 Å². The van der Waals surface area contributed by atoms with Crippen molar-refractivity contribution in [2.45, 2.75) is 32.1 Å². The minimum absolute atomic E-state index is 0.0211. The van der Waals surface area contributed by atoms with Crippen LogP contribution in [0.5, 0.6) is 5.75 Å². The van der Waals surface area contributed by atoms with Crippen LogP contribution in [0.4, 0.5) is 0 Å². The lowest BCUT2D eigenvalue weighted by atomic mass is 10.2. The Hall–Kier alpha value is -2.28. The fourth-order valence-corrected chi connectivity index (χ4v) is 2.35. The highest BCUT2D eigenvalue weighted by atomic mass is 32.2. The smallest absolute Gasteiger partial charge is 0.281 e. The molecule has 0 N–H and O–H groups in total. The predicted molar refractivity (Wildman–Crippen MR) is 80.1 cm³/mol. The fraction of sp³-hybridized carbons (Fsp3) is 0.267. The molecule has 0 unspecified atom stereocenters. The first-order valence-electron chi connectivity index (χ1n) is 6.62. The summed E-state index contributed by atoms with van der Waals surface area (Å²) in [5, 5.41) is 18.9. The van der Waals surface area contributed by atoms with Crippen molar-refractivity contribution in [2.24, 2.45) is 0 Å². The lowest BCUT2D eigenvalue weighted by Gasteiger charge is -2.13. The van der Waals surface area contributed by atoms with Crippen LogP contribution < -0.4 is 9.84 Å². The molecular formula is C15H15N2O4S-. The third-order valence-corrected chi connectivity index (χ3v) is 3.32. The van der Waals surface area contributed by atoms with Crippen LogP contribution in [0.25, 0.3) is 6.08 Å². The van der Waals surface area contributed by atoms with Crippen LogP contribution in [0.1, 0.15) is 25.3 Å². The van der Waals surface area contributed by atoms with Crippen LogP contribution in [0.15, 0.2) is 38.8 Å². The number of hydrogen-bond acceptors (Lipinski definition) is 7. The fourth-order valence-electron chi connectivity index (χ4n) is 1.65. The number of benzene rings is 1. The van der Waals surface area contributed by atoms with Gasteiger partial charge in [-0.15, -0.1) is 10.2 Å². The highest BCUT2D eigenvalue weighted by Crippen LogP contribution is 2.29. The van der Waals surface area contributed by atoms with Crippen LogP contribution in [0.3, 0.4) is 0 Å². The maximum Gasteiger partial charge on any atom is 0.281 e. The molecule has 1 heterocycles. The van der Waals surface area contributed by atoms with Crippen LogP contribution >= 0.6 is 11.8 Å². The lowest BCUT2D eigenvalue weighted by Crippen LogP contribution is -2.23. The number of aliphatic carboxylic acids is 1.